The minimum Gasteiger partial charge on any atom is -0.493 e. The molecule has 7 nitrogen and oxygen atoms in total. The van der Waals surface area contributed by atoms with Gasteiger partial charge in [0.1, 0.15) is 0 Å². The zero-order valence-electron chi connectivity index (χ0n) is 13.2. The summed E-state index contributed by atoms with van der Waals surface area (Å²) in [7, 11) is 4.62. The molecule has 23 heavy (non-hydrogen) atoms. The van der Waals surface area contributed by atoms with Gasteiger partial charge in [0.25, 0.3) is 5.69 Å². The molecule has 0 bridgehead atoms. The van der Waals surface area contributed by atoms with Crippen molar-refractivity contribution >= 4 is 11.4 Å². The van der Waals surface area contributed by atoms with E-state index in [0.29, 0.717) is 23.8 Å². The smallest absolute Gasteiger partial charge is 0.269 e. The first kappa shape index (κ1) is 16.4. The Hall–Kier alpha value is -2.96. The van der Waals surface area contributed by atoms with E-state index in [9.17, 15) is 10.1 Å². The molecule has 2 aromatic carbocycles. The number of nitro groups is 1. The fourth-order valence-corrected chi connectivity index (χ4v) is 2.17. The quantitative estimate of drug-likeness (QED) is 0.623. The molecule has 0 saturated carbocycles. The van der Waals surface area contributed by atoms with Crippen molar-refractivity contribution in [1.29, 1.82) is 0 Å². The Labute approximate surface area is 133 Å². The number of nitrogens with one attached hydrogen (secondary N) is 1. The highest BCUT2D eigenvalue weighted by molar-refractivity contribution is 5.62. The van der Waals surface area contributed by atoms with Crippen molar-refractivity contribution in [3.05, 3.63) is 52.1 Å². The lowest BCUT2D eigenvalue weighted by molar-refractivity contribution is -0.384. The van der Waals surface area contributed by atoms with Crippen LogP contribution in [0.25, 0.3) is 0 Å². The fraction of sp³-hybridized carbons (Fsp3) is 0.250. The van der Waals surface area contributed by atoms with Crippen LogP contribution in [0, 0.1) is 10.1 Å². The number of rotatable bonds is 7. The molecule has 0 radical (unpaired) electrons. The first-order valence-electron chi connectivity index (χ1n) is 6.86. The lowest BCUT2D eigenvalue weighted by atomic mass is 10.2. The molecule has 2 rings (SSSR count). The molecule has 0 fully saturated rings. The average Bonchev–Trinajstić information content (AvgIpc) is 2.59. The number of anilines is 1. The molecule has 0 heterocycles. The molecule has 0 aliphatic carbocycles. The summed E-state index contributed by atoms with van der Waals surface area (Å²) >= 11 is 0. The molecule has 0 atom stereocenters. The second-order valence-corrected chi connectivity index (χ2v) is 4.69. The summed E-state index contributed by atoms with van der Waals surface area (Å²) in [5.74, 6) is 1.58. The van der Waals surface area contributed by atoms with Crippen molar-refractivity contribution in [2.75, 3.05) is 26.6 Å². The summed E-state index contributed by atoms with van der Waals surface area (Å²) in [5.41, 5.74) is 1.62. The van der Waals surface area contributed by atoms with Crippen LogP contribution in [0.4, 0.5) is 11.4 Å². The zero-order valence-corrected chi connectivity index (χ0v) is 13.2. The van der Waals surface area contributed by atoms with E-state index in [1.165, 1.54) is 19.2 Å². The van der Waals surface area contributed by atoms with Crippen molar-refractivity contribution in [1.82, 2.24) is 0 Å². The van der Waals surface area contributed by atoms with E-state index in [-0.39, 0.29) is 5.69 Å². The maximum Gasteiger partial charge on any atom is 0.269 e. The van der Waals surface area contributed by atoms with Gasteiger partial charge in [-0.2, -0.15) is 0 Å². The molecule has 7 heteroatoms. The van der Waals surface area contributed by atoms with Crippen molar-refractivity contribution in [3.63, 3.8) is 0 Å². The van der Waals surface area contributed by atoms with Gasteiger partial charge in [-0.3, -0.25) is 10.1 Å². The van der Waals surface area contributed by atoms with Crippen LogP contribution in [0.1, 0.15) is 5.56 Å². The molecular weight excluding hydrogens is 300 g/mol. The van der Waals surface area contributed by atoms with E-state index < -0.39 is 4.92 Å². The van der Waals surface area contributed by atoms with Crippen LogP contribution >= 0.6 is 0 Å². The van der Waals surface area contributed by atoms with Crippen LogP contribution in [0.5, 0.6) is 17.2 Å². The second-order valence-electron chi connectivity index (χ2n) is 4.69. The van der Waals surface area contributed by atoms with Gasteiger partial charge in [0, 0.05) is 36.5 Å². The Bertz CT molecular complexity index is 678. The van der Waals surface area contributed by atoms with E-state index in [4.69, 9.17) is 14.2 Å². The Morgan fingerprint density at radius 1 is 1.04 bits per heavy atom. The number of benzene rings is 2. The van der Waals surface area contributed by atoms with Crippen LogP contribution in [0.3, 0.4) is 0 Å². The third-order valence-electron chi connectivity index (χ3n) is 3.28. The standard InChI is InChI=1S/C16H18N2O5/c1-21-14-8-12(9-15(22-2)16(14)23-3)17-10-11-5-4-6-13(7-11)18(19)20/h4-9,17H,10H2,1-3H3. The molecule has 0 aromatic heterocycles. The first-order chi connectivity index (χ1) is 11.1. The molecular formula is C16H18N2O5. The summed E-state index contributed by atoms with van der Waals surface area (Å²) in [6.07, 6.45) is 0. The van der Waals surface area contributed by atoms with Gasteiger partial charge in [-0.1, -0.05) is 12.1 Å². The van der Waals surface area contributed by atoms with Gasteiger partial charge < -0.3 is 19.5 Å². The van der Waals surface area contributed by atoms with E-state index >= 15 is 0 Å². The lowest BCUT2D eigenvalue weighted by Gasteiger charge is -2.15. The monoisotopic (exact) mass is 318 g/mol. The predicted octanol–water partition coefficient (Wildman–Crippen LogP) is 3.23. The highest BCUT2D eigenvalue weighted by Crippen LogP contribution is 2.40. The molecule has 0 saturated heterocycles. The van der Waals surface area contributed by atoms with Crippen molar-refractivity contribution in [3.8, 4) is 17.2 Å². The average molecular weight is 318 g/mol. The van der Waals surface area contributed by atoms with E-state index in [0.717, 1.165) is 11.3 Å². The first-order valence-corrected chi connectivity index (χ1v) is 6.86. The third kappa shape index (κ3) is 3.82. The molecule has 0 aliphatic rings. The van der Waals surface area contributed by atoms with E-state index in [1.54, 1.807) is 32.4 Å². The maximum atomic E-state index is 10.8. The normalized spacial score (nSPS) is 10.0. The Balaban J connectivity index is 2.20. The van der Waals surface area contributed by atoms with Gasteiger partial charge in [-0.05, 0) is 5.56 Å². The van der Waals surface area contributed by atoms with Gasteiger partial charge >= 0.3 is 0 Å². The second kappa shape index (κ2) is 7.35. The number of non-ortho nitro benzene ring substituents is 1. The highest BCUT2D eigenvalue weighted by atomic mass is 16.6. The summed E-state index contributed by atoms with van der Waals surface area (Å²) in [6, 6.07) is 10.0. The van der Waals surface area contributed by atoms with Crippen molar-refractivity contribution in [2.45, 2.75) is 6.54 Å². The molecule has 0 amide bonds. The van der Waals surface area contributed by atoms with Crippen LogP contribution in [0.15, 0.2) is 36.4 Å². The minimum absolute atomic E-state index is 0.0641. The minimum atomic E-state index is -0.414. The fourth-order valence-electron chi connectivity index (χ4n) is 2.17. The summed E-state index contributed by atoms with van der Waals surface area (Å²) < 4.78 is 15.8. The number of methoxy groups -OCH3 is 3. The number of hydrogen-bond donors (Lipinski definition) is 1. The molecule has 0 spiro atoms. The van der Waals surface area contributed by atoms with E-state index in [2.05, 4.69) is 5.32 Å². The van der Waals surface area contributed by atoms with Gasteiger partial charge in [-0.25, -0.2) is 0 Å². The van der Waals surface area contributed by atoms with Crippen LogP contribution in [-0.4, -0.2) is 26.3 Å². The number of ether oxygens (including phenoxy) is 3. The maximum absolute atomic E-state index is 10.8. The summed E-state index contributed by atoms with van der Waals surface area (Å²) in [6.45, 7) is 0.431. The summed E-state index contributed by atoms with van der Waals surface area (Å²) in [4.78, 5) is 10.4. The number of nitro benzene ring substituents is 1. The van der Waals surface area contributed by atoms with E-state index in [1.807, 2.05) is 6.07 Å². The topological polar surface area (TPSA) is 82.9 Å². The molecule has 0 unspecified atom stereocenters. The van der Waals surface area contributed by atoms with Crippen LogP contribution < -0.4 is 19.5 Å². The molecule has 2 aromatic rings. The van der Waals surface area contributed by atoms with Gasteiger partial charge in [0.05, 0.1) is 26.3 Å². The lowest BCUT2D eigenvalue weighted by Crippen LogP contribution is -2.02. The number of nitrogens with zero attached hydrogens (tertiary/aromatic N) is 1. The molecule has 1 N–H and O–H groups in total. The largest absolute Gasteiger partial charge is 0.493 e. The SMILES string of the molecule is COc1cc(NCc2cccc([N+](=O)[O-])c2)cc(OC)c1OC. The van der Waals surface area contributed by atoms with Crippen molar-refractivity contribution < 1.29 is 19.1 Å². The van der Waals surface area contributed by atoms with Gasteiger partial charge in [-0.15, -0.1) is 0 Å². The predicted molar refractivity (Wildman–Crippen MR) is 86.5 cm³/mol. The van der Waals surface area contributed by atoms with Gasteiger partial charge in [0.15, 0.2) is 11.5 Å². The zero-order chi connectivity index (χ0) is 16.8. The molecule has 122 valence electrons. The van der Waals surface area contributed by atoms with Crippen LogP contribution in [0.2, 0.25) is 0 Å². The Kier molecular flexibility index (Phi) is 5.24. The van der Waals surface area contributed by atoms with Crippen LogP contribution in [-0.2, 0) is 6.54 Å². The summed E-state index contributed by atoms with van der Waals surface area (Å²) in [5, 5.41) is 14.0. The molecule has 0 aliphatic heterocycles. The Morgan fingerprint density at radius 3 is 2.22 bits per heavy atom. The Morgan fingerprint density at radius 2 is 1.70 bits per heavy atom. The third-order valence-corrected chi connectivity index (χ3v) is 3.28. The van der Waals surface area contributed by atoms with Gasteiger partial charge in [0.2, 0.25) is 5.75 Å². The highest BCUT2D eigenvalue weighted by Gasteiger charge is 2.13. The van der Waals surface area contributed by atoms with Crippen molar-refractivity contribution in [2.24, 2.45) is 0 Å². The number of hydrogen-bond acceptors (Lipinski definition) is 6.